The number of benzene rings is 1. The molecule has 0 aliphatic heterocycles. The van der Waals surface area contributed by atoms with E-state index < -0.39 is 0 Å². The molecular formula is C12H15O2. The van der Waals surface area contributed by atoms with Gasteiger partial charge in [-0.1, -0.05) is 13.3 Å². The third-order valence-electron chi connectivity index (χ3n) is 1.94. The minimum Gasteiger partial charge on any atom is -0.494 e. The molecule has 0 aromatic heterocycles. The maximum absolute atomic E-state index is 10.9. The summed E-state index contributed by atoms with van der Waals surface area (Å²) in [5.74, 6) is 0.647. The first-order chi connectivity index (χ1) is 6.74. The maximum Gasteiger partial charge on any atom is 0.163 e. The molecule has 0 aliphatic carbocycles. The summed E-state index contributed by atoms with van der Waals surface area (Å²) in [7, 11) is 0. The molecule has 0 bridgehead atoms. The van der Waals surface area contributed by atoms with E-state index in [4.69, 9.17) is 4.74 Å². The largest absolute Gasteiger partial charge is 0.494 e. The number of rotatable bonds is 5. The number of carbonyl (C=O) groups is 1. The maximum atomic E-state index is 10.9. The Morgan fingerprint density at radius 1 is 1.36 bits per heavy atom. The SMILES string of the molecule is [CH2]C(=O)c1ccc(OCCCC)cc1. The number of Topliss-reactive ketones (excluding diaryl/α,β-unsaturated/α-hetero) is 1. The molecule has 2 nitrogen and oxygen atoms in total. The first-order valence-electron chi connectivity index (χ1n) is 4.83. The fraction of sp³-hybridized carbons (Fsp3) is 0.333. The summed E-state index contributed by atoms with van der Waals surface area (Å²) in [5.41, 5.74) is 0.618. The van der Waals surface area contributed by atoms with E-state index in [0.29, 0.717) is 5.56 Å². The standard InChI is InChI=1S/C12H15O2/c1-3-4-9-14-12-7-5-11(6-8-12)10(2)13/h5-8H,2-4,9H2,1H3. The van der Waals surface area contributed by atoms with Crippen LogP contribution in [0.2, 0.25) is 0 Å². The molecular weight excluding hydrogens is 176 g/mol. The molecule has 14 heavy (non-hydrogen) atoms. The van der Waals surface area contributed by atoms with E-state index >= 15 is 0 Å². The van der Waals surface area contributed by atoms with Crippen LogP contribution >= 0.6 is 0 Å². The molecule has 0 amide bonds. The molecule has 0 saturated carbocycles. The quantitative estimate of drug-likeness (QED) is 0.528. The lowest BCUT2D eigenvalue weighted by atomic mass is 10.1. The Labute approximate surface area is 84.9 Å². The van der Waals surface area contributed by atoms with Crippen LogP contribution < -0.4 is 4.74 Å². The van der Waals surface area contributed by atoms with Gasteiger partial charge in [-0.15, -0.1) is 0 Å². The van der Waals surface area contributed by atoms with Crippen molar-refractivity contribution in [3.05, 3.63) is 36.8 Å². The van der Waals surface area contributed by atoms with Gasteiger partial charge in [0.15, 0.2) is 5.78 Å². The van der Waals surface area contributed by atoms with Crippen molar-refractivity contribution in [1.82, 2.24) is 0 Å². The van der Waals surface area contributed by atoms with E-state index in [1.54, 1.807) is 24.3 Å². The average molecular weight is 191 g/mol. The van der Waals surface area contributed by atoms with Gasteiger partial charge in [-0.25, -0.2) is 0 Å². The highest BCUT2D eigenvalue weighted by atomic mass is 16.5. The van der Waals surface area contributed by atoms with Gasteiger partial charge in [0, 0.05) is 12.5 Å². The average Bonchev–Trinajstić information content (AvgIpc) is 2.19. The molecule has 2 heteroatoms. The van der Waals surface area contributed by atoms with Gasteiger partial charge in [0.2, 0.25) is 0 Å². The van der Waals surface area contributed by atoms with Crippen LogP contribution in [-0.2, 0) is 0 Å². The normalized spacial score (nSPS) is 9.86. The van der Waals surface area contributed by atoms with Crippen LogP contribution in [0.1, 0.15) is 30.1 Å². The van der Waals surface area contributed by atoms with Gasteiger partial charge in [0.1, 0.15) is 5.75 Å². The third-order valence-corrected chi connectivity index (χ3v) is 1.94. The molecule has 0 saturated heterocycles. The molecule has 1 rings (SSSR count). The highest BCUT2D eigenvalue weighted by Gasteiger charge is 1.98. The molecule has 0 aliphatic rings. The predicted octanol–water partition coefficient (Wildman–Crippen LogP) is 2.88. The van der Waals surface area contributed by atoms with Crippen molar-refractivity contribution in [3.63, 3.8) is 0 Å². The molecule has 1 aromatic rings. The molecule has 75 valence electrons. The zero-order chi connectivity index (χ0) is 10.4. The molecule has 1 aromatic carbocycles. The van der Waals surface area contributed by atoms with Gasteiger partial charge >= 0.3 is 0 Å². The second-order valence-electron chi connectivity index (χ2n) is 3.15. The molecule has 0 atom stereocenters. The van der Waals surface area contributed by atoms with Crippen LogP contribution in [0, 0.1) is 6.92 Å². The Morgan fingerprint density at radius 3 is 2.50 bits per heavy atom. The fourth-order valence-corrected chi connectivity index (χ4v) is 1.07. The van der Waals surface area contributed by atoms with E-state index in [2.05, 4.69) is 13.8 Å². The molecule has 0 N–H and O–H groups in total. The van der Waals surface area contributed by atoms with Gasteiger partial charge in [-0.05, 0) is 30.7 Å². The first-order valence-corrected chi connectivity index (χ1v) is 4.83. The Hall–Kier alpha value is -1.31. The van der Waals surface area contributed by atoms with Gasteiger partial charge in [-0.3, -0.25) is 4.79 Å². The highest BCUT2D eigenvalue weighted by Crippen LogP contribution is 2.12. The van der Waals surface area contributed by atoms with Crippen LogP contribution in [0.5, 0.6) is 5.75 Å². The molecule has 0 spiro atoms. The minimum absolute atomic E-state index is 0.162. The smallest absolute Gasteiger partial charge is 0.163 e. The van der Waals surface area contributed by atoms with E-state index in [9.17, 15) is 4.79 Å². The van der Waals surface area contributed by atoms with E-state index in [0.717, 1.165) is 25.2 Å². The van der Waals surface area contributed by atoms with E-state index in [-0.39, 0.29) is 5.78 Å². The number of ketones is 1. The predicted molar refractivity (Wildman–Crippen MR) is 56.5 cm³/mol. The Bertz CT molecular complexity index is 288. The van der Waals surface area contributed by atoms with Crippen LogP contribution in [-0.4, -0.2) is 12.4 Å². The second kappa shape index (κ2) is 5.43. The molecule has 1 radical (unpaired) electrons. The monoisotopic (exact) mass is 191 g/mol. The van der Waals surface area contributed by atoms with Crippen molar-refractivity contribution >= 4 is 5.78 Å². The number of hydrogen-bond acceptors (Lipinski definition) is 2. The molecule has 0 fully saturated rings. The number of carbonyl (C=O) groups excluding carboxylic acids is 1. The lowest BCUT2D eigenvalue weighted by Gasteiger charge is -2.04. The lowest BCUT2D eigenvalue weighted by molar-refractivity contribution is 0.104. The van der Waals surface area contributed by atoms with Crippen LogP contribution in [0.25, 0.3) is 0 Å². The summed E-state index contributed by atoms with van der Waals surface area (Å²) < 4.78 is 5.45. The number of unbranched alkanes of at least 4 members (excludes halogenated alkanes) is 1. The minimum atomic E-state index is -0.162. The molecule has 0 heterocycles. The highest BCUT2D eigenvalue weighted by molar-refractivity contribution is 5.99. The number of ether oxygens (including phenoxy) is 1. The summed E-state index contributed by atoms with van der Waals surface area (Å²) >= 11 is 0. The Morgan fingerprint density at radius 2 is 2.00 bits per heavy atom. The summed E-state index contributed by atoms with van der Waals surface area (Å²) in [6.45, 7) is 6.18. The molecule has 0 unspecified atom stereocenters. The van der Waals surface area contributed by atoms with Crippen molar-refractivity contribution in [2.75, 3.05) is 6.61 Å². The van der Waals surface area contributed by atoms with Crippen molar-refractivity contribution in [3.8, 4) is 5.75 Å². The van der Waals surface area contributed by atoms with Gasteiger partial charge < -0.3 is 4.74 Å². The topological polar surface area (TPSA) is 26.3 Å². The van der Waals surface area contributed by atoms with Crippen molar-refractivity contribution < 1.29 is 9.53 Å². The zero-order valence-electron chi connectivity index (χ0n) is 8.45. The van der Waals surface area contributed by atoms with Crippen molar-refractivity contribution in [1.29, 1.82) is 0 Å². The van der Waals surface area contributed by atoms with Crippen LogP contribution in [0.4, 0.5) is 0 Å². The third kappa shape index (κ3) is 3.21. The van der Waals surface area contributed by atoms with Gasteiger partial charge in [-0.2, -0.15) is 0 Å². The van der Waals surface area contributed by atoms with Crippen molar-refractivity contribution in [2.45, 2.75) is 19.8 Å². The van der Waals surface area contributed by atoms with Crippen LogP contribution in [0.3, 0.4) is 0 Å². The van der Waals surface area contributed by atoms with E-state index in [1.807, 2.05) is 0 Å². The lowest BCUT2D eigenvalue weighted by Crippen LogP contribution is -1.97. The summed E-state index contributed by atoms with van der Waals surface area (Å²) in [5, 5.41) is 0. The van der Waals surface area contributed by atoms with Crippen LogP contribution in [0.15, 0.2) is 24.3 Å². The fourth-order valence-electron chi connectivity index (χ4n) is 1.07. The van der Waals surface area contributed by atoms with Gasteiger partial charge in [0.05, 0.1) is 6.61 Å². The first kappa shape index (κ1) is 10.8. The van der Waals surface area contributed by atoms with Crippen molar-refractivity contribution in [2.24, 2.45) is 0 Å². The summed E-state index contributed by atoms with van der Waals surface area (Å²) in [6, 6.07) is 7.06. The Balaban J connectivity index is 2.51. The second-order valence-corrected chi connectivity index (χ2v) is 3.15. The van der Waals surface area contributed by atoms with E-state index in [1.165, 1.54) is 0 Å². The summed E-state index contributed by atoms with van der Waals surface area (Å²) in [4.78, 5) is 10.9. The Kier molecular flexibility index (Phi) is 4.17. The summed E-state index contributed by atoms with van der Waals surface area (Å²) in [6.07, 6.45) is 2.17. The van der Waals surface area contributed by atoms with Gasteiger partial charge in [0.25, 0.3) is 0 Å². The zero-order valence-corrected chi connectivity index (χ0v) is 8.45. The number of hydrogen-bond donors (Lipinski definition) is 0.